The zero-order valence-electron chi connectivity index (χ0n) is 21.6. The molecule has 4 aromatic rings. The van der Waals surface area contributed by atoms with Crippen LogP contribution in [0.2, 0.25) is 0 Å². The fraction of sp³-hybridized carbons (Fsp3) is 0.161. The Morgan fingerprint density at radius 2 is 1.73 bits per heavy atom. The Morgan fingerprint density at radius 1 is 0.950 bits per heavy atom. The van der Waals surface area contributed by atoms with E-state index < -0.39 is 12.2 Å². The number of hydrogen-bond acceptors (Lipinski definition) is 7. The second kappa shape index (κ2) is 12.1. The lowest BCUT2D eigenvalue weighted by atomic mass is 9.96. The van der Waals surface area contributed by atoms with Crippen LogP contribution in [-0.2, 0) is 9.53 Å². The van der Waals surface area contributed by atoms with Gasteiger partial charge >= 0.3 is 6.09 Å². The van der Waals surface area contributed by atoms with Crippen molar-refractivity contribution in [3.8, 4) is 17.2 Å². The molecule has 0 aliphatic carbocycles. The summed E-state index contributed by atoms with van der Waals surface area (Å²) < 4.78 is 16.6. The number of allylic oxidation sites excluding steroid dienone is 1. The summed E-state index contributed by atoms with van der Waals surface area (Å²) in [4.78, 5) is 25.2. The van der Waals surface area contributed by atoms with Crippen molar-refractivity contribution in [1.29, 1.82) is 0 Å². The van der Waals surface area contributed by atoms with Crippen LogP contribution in [0.3, 0.4) is 0 Å². The SMILES string of the molecule is Nc1ccccc1NC(=O)/C=C/CCC[C@H](OC(=O)Nc1ccc2c(c1)OCO2)c1ccc(O)c2ccccc12. The second-order valence-corrected chi connectivity index (χ2v) is 9.22. The van der Waals surface area contributed by atoms with E-state index in [1.54, 1.807) is 60.7 Å². The number of para-hydroxylation sites is 2. The summed E-state index contributed by atoms with van der Waals surface area (Å²) in [6, 6.07) is 22.9. The number of hydrogen-bond donors (Lipinski definition) is 4. The first-order chi connectivity index (χ1) is 19.5. The van der Waals surface area contributed by atoms with Crippen molar-refractivity contribution >= 4 is 39.8 Å². The molecule has 5 rings (SSSR count). The number of benzene rings is 4. The molecule has 0 radical (unpaired) electrons. The third-order valence-corrected chi connectivity index (χ3v) is 6.47. The van der Waals surface area contributed by atoms with Crippen LogP contribution in [0.25, 0.3) is 10.8 Å². The maximum Gasteiger partial charge on any atom is 0.412 e. The zero-order valence-corrected chi connectivity index (χ0v) is 21.6. The summed E-state index contributed by atoms with van der Waals surface area (Å²) in [5.74, 6) is 1.03. The molecule has 204 valence electrons. The highest BCUT2D eigenvalue weighted by Gasteiger charge is 2.21. The number of amides is 2. The van der Waals surface area contributed by atoms with Crippen molar-refractivity contribution < 1.29 is 28.9 Å². The number of nitrogens with one attached hydrogen (secondary N) is 2. The third kappa shape index (κ3) is 6.27. The molecule has 0 unspecified atom stereocenters. The van der Waals surface area contributed by atoms with Crippen LogP contribution in [0.15, 0.2) is 91.0 Å². The van der Waals surface area contributed by atoms with Crippen LogP contribution in [0.5, 0.6) is 17.2 Å². The fourth-order valence-electron chi connectivity index (χ4n) is 4.51. The van der Waals surface area contributed by atoms with Gasteiger partial charge in [0, 0.05) is 22.7 Å². The van der Waals surface area contributed by atoms with Gasteiger partial charge in [0.1, 0.15) is 11.9 Å². The molecule has 1 heterocycles. The smallest absolute Gasteiger partial charge is 0.412 e. The van der Waals surface area contributed by atoms with Crippen molar-refractivity contribution in [2.45, 2.75) is 25.4 Å². The van der Waals surface area contributed by atoms with Gasteiger partial charge in [-0.1, -0.05) is 48.5 Å². The molecular formula is C31H29N3O6. The van der Waals surface area contributed by atoms with Crippen LogP contribution in [0.1, 0.15) is 30.9 Å². The van der Waals surface area contributed by atoms with Crippen LogP contribution < -0.4 is 25.8 Å². The summed E-state index contributed by atoms with van der Waals surface area (Å²) in [5, 5.41) is 17.3. The number of aromatic hydroxyl groups is 1. The Hall–Kier alpha value is -5.18. The quantitative estimate of drug-likeness (QED) is 0.108. The van der Waals surface area contributed by atoms with E-state index in [0.29, 0.717) is 53.2 Å². The summed E-state index contributed by atoms with van der Waals surface area (Å²) in [5.41, 5.74) is 8.21. The predicted molar refractivity (Wildman–Crippen MR) is 153 cm³/mol. The molecule has 1 aliphatic heterocycles. The van der Waals surface area contributed by atoms with Crippen LogP contribution in [0, 0.1) is 0 Å². The molecule has 2 amide bonds. The van der Waals surface area contributed by atoms with Gasteiger partial charge in [-0.2, -0.15) is 0 Å². The number of unbranched alkanes of at least 4 members (excludes halogenated alkanes) is 1. The predicted octanol–water partition coefficient (Wildman–Crippen LogP) is 6.51. The number of carbonyl (C=O) groups excluding carboxylic acids is 2. The molecule has 0 saturated carbocycles. The molecule has 1 aliphatic rings. The Kier molecular flexibility index (Phi) is 8.01. The minimum absolute atomic E-state index is 0.135. The summed E-state index contributed by atoms with van der Waals surface area (Å²) in [6.07, 6.45) is 3.70. The Balaban J connectivity index is 1.26. The first-order valence-corrected chi connectivity index (χ1v) is 12.9. The zero-order chi connectivity index (χ0) is 27.9. The molecule has 0 saturated heterocycles. The molecule has 0 aromatic heterocycles. The number of nitrogens with two attached hydrogens (primary N) is 1. The molecule has 9 nitrogen and oxygen atoms in total. The van der Waals surface area contributed by atoms with E-state index in [4.69, 9.17) is 19.9 Å². The van der Waals surface area contributed by atoms with Crippen molar-refractivity contribution in [3.63, 3.8) is 0 Å². The summed E-state index contributed by atoms with van der Waals surface area (Å²) in [7, 11) is 0. The van der Waals surface area contributed by atoms with E-state index >= 15 is 0 Å². The van der Waals surface area contributed by atoms with E-state index in [-0.39, 0.29) is 18.4 Å². The Labute approximate surface area is 231 Å². The minimum atomic E-state index is -0.628. The van der Waals surface area contributed by atoms with Crippen molar-refractivity contribution in [2.75, 3.05) is 23.2 Å². The average Bonchev–Trinajstić information content (AvgIpc) is 3.42. The normalized spacial score (nSPS) is 12.8. The van der Waals surface area contributed by atoms with Gasteiger partial charge in [0.2, 0.25) is 12.7 Å². The van der Waals surface area contributed by atoms with Gasteiger partial charge < -0.3 is 30.4 Å². The van der Waals surface area contributed by atoms with E-state index in [2.05, 4.69) is 10.6 Å². The molecule has 4 aromatic carbocycles. The van der Waals surface area contributed by atoms with Gasteiger partial charge in [0.05, 0.1) is 11.4 Å². The highest BCUT2D eigenvalue weighted by Crippen LogP contribution is 2.36. The van der Waals surface area contributed by atoms with Gasteiger partial charge in [-0.3, -0.25) is 10.1 Å². The summed E-state index contributed by atoms with van der Waals surface area (Å²) in [6.45, 7) is 0.135. The molecule has 1 atom stereocenters. The van der Waals surface area contributed by atoms with E-state index in [1.807, 2.05) is 24.3 Å². The molecule has 0 fully saturated rings. The van der Waals surface area contributed by atoms with Crippen LogP contribution in [0.4, 0.5) is 21.9 Å². The highest BCUT2D eigenvalue weighted by atomic mass is 16.7. The lowest BCUT2D eigenvalue weighted by Crippen LogP contribution is -2.18. The number of phenolic OH excluding ortho intramolecular Hbond substituents is 1. The van der Waals surface area contributed by atoms with Gasteiger partial charge in [0.25, 0.3) is 0 Å². The van der Waals surface area contributed by atoms with Crippen LogP contribution in [-0.4, -0.2) is 23.9 Å². The molecule has 40 heavy (non-hydrogen) atoms. The number of rotatable bonds is 9. The van der Waals surface area contributed by atoms with E-state index in [1.165, 1.54) is 6.08 Å². The maximum absolute atomic E-state index is 12.9. The molecule has 0 spiro atoms. The topological polar surface area (TPSA) is 132 Å². The largest absolute Gasteiger partial charge is 0.507 e. The van der Waals surface area contributed by atoms with Crippen LogP contribution >= 0.6 is 0 Å². The van der Waals surface area contributed by atoms with Crippen molar-refractivity contribution in [3.05, 3.63) is 96.6 Å². The van der Waals surface area contributed by atoms with Gasteiger partial charge in [0.15, 0.2) is 11.5 Å². The molecule has 9 heteroatoms. The first-order valence-electron chi connectivity index (χ1n) is 12.9. The minimum Gasteiger partial charge on any atom is -0.507 e. The number of anilines is 3. The van der Waals surface area contributed by atoms with Gasteiger partial charge in [-0.15, -0.1) is 0 Å². The third-order valence-electron chi connectivity index (χ3n) is 6.47. The van der Waals surface area contributed by atoms with E-state index in [0.717, 1.165) is 10.9 Å². The summed E-state index contributed by atoms with van der Waals surface area (Å²) >= 11 is 0. The number of nitrogen functional groups attached to an aromatic ring is 1. The standard InChI is InChI=1S/C31H29N3O6/c32-24-10-6-7-11-25(24)34-30(36)13-3-1-2-12-27(23-15-16-26(35)22-9-5-4-8-21(22)23)40-31(37)33-20-14-17-28-29(18-20)39-19-38-28/h3-11,13-18,27,35H,1-2,12,19,32H2,(H,33,37)(H,34,36)/b13-3+/t27-/m0/s1. The molecule has 5 N–H and O–H groups in total. The highest BCUT2D eigenvalue weighted by molar-refractivity contribution is 6.01. The van der Waals surface area contributed by atoms with E-state index in [9.17, 15) is 14.7 Å². The molecular weight excluding hydrogens is 510 g/mol. The maximum atomic E-state index is 12.9. The lowest BCUT2D eigenvalue weighted by Gasteiger charge is -2.21. The lowest BCUT2D eigenvalue weighted by molar-refractivity contribution is -0.111. The number of carbonyl (C=O) groups is 2. The fourth-order valence-corrected chi connectivity index (χ4v) is 4.51. The van der Waals surface area contributed by atoms with Crippen molar-refractivity contribution in [2.24, 2.45) is 0 Å². The first kappa shape index (κ1) is 26.4. The second-order valence-electron chi connectivity index (χ2n) is 9.22. The Bertz CT molecular complexity index is 1570. The number of phenols is 1. The number of fused-ring (bicyclic) bond motifs is 2. The van der Waals surface area contributed by atoms with Gasteiger partial charge in [-0.25, -0.2) is 4.79 Å². The Morgan fingerprint density at radius 3 is 2.58 bits per heavy atom. The van der Waals surface area contributed by atoms with Crippen molar-refractivity contribution in [1.82, 2.24) is 0 Å². The number of ether oxygens (including phenoxy) is 3. The monoisotopic (exact) mass is 539 g/mol. The average molecular weight is 540 g/mol. The molecule has 0 bridgehead atoms. The van der Waals surface area contributed by atoms with Gasteiger partial charge in [-0.05, 0) is 61.1 Å².